The minimum Gasteiger partial charge on any atom is -0.493 e. The molecule has 7 heteroatoms. The van der Waals surface area contributed by atoms with Crippen molar-refractivity contribution in [3.63, 3.8) is 0 Å². The van der Waals surface area contributed by atoms with Crippen LogP contribution in [0.15, 0.2) is 58.8 Å². The molecule has 0 aliphatic carbocycles. The predicted molar refractivity (Wildman–Crippen MR) is 103 cm³/mol. The number of para-hydroxylation sites is 1. The summed E-state index contributed by atoms with van der Waals surface area (Å²) in [5, 5.41) is 18.5. The Morgan fingerprint density at radius 1 is 1.15 bits per heavy atom. The summed E-state index contributed by atoms with van der Waals surface area (Å²) in [6, 6.07) is 15.3. The van der Waals surface area contributed by atoms with Crippen molar-refractivity contribution in [2.75, 3.05) is 0 Å². The molecule has 7 nitrogen and oxygen atoms in total. The number of fused-ring (bicyclic) bond motifs is 1. The van der Waals surface area contributed by atoms with Gasteiger partial charge in [0.2, 0.25) is 5.88 Å². The molecule has 3 aromatic rings. The molecule has 138 valence electrons. The molecule has 1 amide bonds. The highest BCUT2D eigenvalue weighted by Gasteiger charge is 2.30. The van der Waals surface area contributed by atoms with Gasteiger partial charge >= 0.3 is 0 Å². The van der Waals surface area contributed by atoms with Gasteiger partial charge in [-0.15, -0.1) is 10.2 Å². The molecule has 1 saturated heterocycles. The summed E-state index contributed by atoms with van der Waals surface area (Å²) in [6.07, 6.45) is 1.59. The lowest BCUT2D eigenvalue weighted by Gasteiger charge is -2.09. The van der Waals surface area contributed by atoms with Gasteiger partial charge in [0.15, 0.2) is 5.69 Å². The maximum atomic E-state index is 12.4. The number of aromatic hydroxyl groups is 1. The van der Waals surface area contributed by atoms with Crippen molar-refractivity contribution < 1.29 is 9.90 Å². The molecule has 4 N–H and O–H groups in total. The first-order valence-corrected chi connectivity index (χ1v) is 9.01. The highest BCUT2D eigenvalue weighted by atomic mass is 16.3. The number of hydrazine groups is 1. The molecule has 4 rings (SSSR count). The number of hydrogen-bond donors (Lipinski definition) is 4. The maximum absolute atomic E-state index is 12.4. The van der Waals surface area contributed by atoms with Crippen molar-refractivity contribution in [2.45, 2.75) is 31.8 Å². The van der Waals surface area contributed by atoms with Gasteiger partial charge in [0, 0.05) is 11.4 Å². The van der Waals surface area contributed by atoms with E-state index in [1.165, 1.54) is 5.56 Å². The fourth-order valence-electron chi connectivity index (χ4n) is 3.31. The second kappa shape index (κ2) is 7.30. The lowest BCUT2D eigenvalue weighted by atomic mass is 10.00. The second-order valence-electron chi connectivity index (χ2n) is 6.63. The summed E-state index contributed by atoms with van der Waals surface area (Å²) < 4.78 is 0. The summed E-state index contributed by atoms with van der Waals surface area (Å²) in [4.78, 5) is 15.2. The van der Waals surface area contributed by atoms with E-state index in [0.717, 1.165) is 22.9 Å². The molecule has 0 bridgehead atoms. The summed E-state index contributed by atoms with van der Waals surface area (Å²) in [7, 11) is 0. The number of H-pyrrole nitrogens is 1. The second-order valence-corrected chi connectivity index (χ2v) is 6.63. The van der Waals surface area contributed by atoms with Gasteiger partial charge in [-0.2, -0.15) is 0 Å². The van der Waals surface area contributed by atoms with Crippen LogP contribution >= 0.6 is 0 Å². The third kappa shape index (κ3) is 3.47. The largest absolute Gasteiger partial charge is 0.493 e. The van der Waals surface area contributed by atoms with Crippen LogP contribution in [0.4, 0.5) is 5.69 Å². The number of amides is 1. The number of nitrogens with one attached hydrogen (secondary N) is 3. The van der Waals surface area contributed by atoms with Crippen LogP contribution in [-0.4, -0.2) is 22.0 Å². The smallest absolute Gasteiger partial charge is 0.282 e. The van der Waals surface area contributed by atoms with E-state index in [2.05, 4.69) is 57.3 Å². The number of carbonyl (C=O) groups is 1. The third-order valence-corrected chi connectivity index (χ3v) is 4.90. The van der Waals surface area contributed by atoms with Gasteiger partial charge in [-0.1, -0.05) is 49.4 Å². The zero-order chi connectivity index (χ0) is 18.8. The summed E-state index contributed by atoms with van der Waals surface area (Å²) in [6.45, 7) is 2.12. The Bertz CT molecular complexity index is 993. The van der Waals surface area contributed by atoms with Gasteiger partial charge in [-0.05, 0) is 30.0 Å². The first-order chi connectivity index (χ1) is 13.2. The Hall–Kier alpha value is -3.03. The number of carbonyl (C=O) groups excluding carboxylic acids is 1. The standard InChI is InChI=1S/C20H21N5O2/c1-2-12-7-9-13(10-8-12)16-11-17(23-22-16)19(26)25-24-18-14-5-3-4-6-15(14)21-20(18)27/h3-10,16-17,21-23,27H,2,11H2,1H3. The van der Waals surface area contributed by atoms with Crippen molar-refractivity contribution in [2.24, 2.45) is 10.2 Å². The minimum atomic E-state index is -0.461. The number of hydrogen-bond acceptors (Lipinski definition) is 5. The van der Waals surface area contributed by atoms with Gasteiger partial charge in [0.25, 0.3) is 5.91 Å². The van der Waals surface area contributed by atoms with Crippen LogP contribution in [0.5, 0.6) is 5.88 Å². The van der Waals surface area contributed by atoms with Crippen LogP contribution in [0.3, 0.4) is 0 Å². The number of azo groups is 1. The van der Waals surface area contributed by atoms with E-state index in [-0.39, 0.29) is 23.5 Å². The molecule has 1 aromatic heterocycles. The molecule has 1 fully saturated rings. The number of aromatic amines is 1. The van der Waals surface area contributed by atoms with Crippen molar-refractivity contribution in [1.82, 2.24) is 15.8 Å². The number of aryl methyl sites for hydroxylation is 1. The van der Waals surface area contributed by atoms with Crippen LogP contribution in [-0.2, 0) is 11.2 Å². The Morgan fingerprint density at radius 2 is 1.93 bits per heavy atom. The van der Waals surface area contributed by atoms with Gasteiger partial charge in [-0.25, -0.2) is 10.9 Å². The van der Waals surface area contributed by atoms with Gasteiger partial charge in [0.05, 0.1) is 5.52 Å². The fourth-order valence-corrected chi connectivity index (χ4v) is 3.31. The lowest BCUT2D eigenvalue weighted by Crippen LogP contribution is -2.35. The Labute approximate surface area is 156 Å². The molecular formula is C20H21N5O2. The fraction of sp³-hybridized carbons (Fsp3) is 0.250. The summed E-state index contributed by atoms with van der Waals surface area (Å²) >= 11 is 0. The number of aromatic nitrogens is 1. The number of benzene rings is 2. The first kappa shape index (κ1) is 17.4. The zero-order valence-corrected chi connectivity index (χ0v) is 14.9. The maximum Gasteiger partial charge on any atom is 0.282 e. The van der Waals surface area contributed by atoms with Crippen molar-refractivity contribution in [3.8, 4) is 5.88 Å². The van der Waals surface area contributed by atoms with E-state index in [1.807, 2.05) is 24.3 Å². The van der Waals surface area contributed by atoms with Crippen LogP contribution in [0.25, 0.3) is 10.9 Å². The average Bonchev–Trinajstić information content (AvgIpc) is 3.31. The molecule has 2 unspecified atom stereocenters. The molecule has 1 aliphatic heterocycles. The van der Waals surface area contributed by atoms with E-state index >= 15 is 0 Å². The third-order valence-electron chi connectivity index (χ3n) is 4.90. The predicted octanol–water partition coefficient (Wildman–Crippen LogP) is 3.65. The number of rotatable bonds is 4. The van der Waals surface area contributed by atoms with Gasteiger partial charge < -0.3 is 10.1 Å². The van der Waals surface area contributed by atoms with E-state index in [9.17, 15) is 9.90 Å². The molecule has 2 atom stereocenters. The molecule has 2 aromatic carbocycles. The zero-order valence-electron chi connectivity index (χ0n) is 14.9. The van der Waals surface area contributed by atoms with Crippen LogP contribution in [0, 0.1) is 0 Å². The molecule has 27 heavy (non-hydrogen) atoms. The van der Waals surface area contributed by atoms with Crippen LogP contribution in [0.2, 0.25) is 0 Å². The van der Waals surface area contributed by atoms with E-state index in [1.54, 1.807) is 0 Å². The number of nitrogens with zero attached hydrogens (tertiary/aromatic N) is 2. The van der Waals surface area contributed by atoms with Crippen molar-refractivity contribution >= 4 is 22.5 Å². The van der Waals surface area contributed by atoms with Crippen molar-refractivity contribution in [3.05, 3.63) is 59.7 Å². The molecule has 0 radical (unpaired) electrons. The Morgan fingerprint density at radius 3 is 2.70 bits per heavy atom. The summed E-state index contributed by atoms with van der Waals surface area (Å²) in [5.41, 5.74) is 9.57. The average molecular weight is 363 g/mol. The summed E-state index contributed by atoms with van der Waals surface area (Å²) in [5.74, 6) is -0.473. The van der Waals surface area contributed by atoms with E-state index < -0.39 is 6.04 Å². The molecule has 0 saturated carbocycles. The van der Waals surface area contributed by atoms with Crippen LogP contribution < -0.4 is 10.9 Å². The molecule has 0 spiro atoms. The Balaban J connectivity index is 1.45. The molecule has 2 heterocycles. The van der Waals surface area contributed by atoms with E-state index in [4.69, 9.17) is 0 Å². The monoisotopic (exact) mass is 363 g/mol. The Kier molecular flexibility index (Phi) is 4.70. The lowest BCUT2D eigenvalue weighted by molar-refractivity contribution is -0.120. The molecule has 1 aliphatic rings. The van der Waals surface area contributed by atoms with Gasteiger partial charge in [-0.3, -0.25) is 4.79 Å². The van der Waals surface area contributed by atoms with Gasteiger partial charge in [0.1, 0.15) is 6.04 Å². The highest BCUT2D eigenvalue weighted by molar-refractivity contribution is 5.94. The highest BCUT2D eigenvalue weighted by Crippen LogP contribution is 2.35. The molecular weight excluding hydrogens is 342 g/mol. The SMILES string of the molecule is CCc1ccc(C2CC(C(=O)N=Nc3c(O)[nH]c4ccccc34)NN2)cc1. The van der Waals surface area contributed by atoms with Crippen LogP contribution in [0.1, 0.15) is 30.5 Å². The topological polar surface area (TPSA) is 102 Å². The van der Waals surface area contributed by atoms with E-state index in [0.29, 0.717) is 6.42 Å². The van der Waals surface area contributed by atoms with Crippen molar-refractivity contribution in [1.29, 1.82) is 0 Å². The minimum absolute atomic E-state index is 0.0431. The first-order valence-electron chi connectivity index (χ1n) is 9.01. The quantitative estimate of drug-likeness (QED) is 0.531. The normalized spacial score (nSPS) is 19.9.